The fourth-order valence-corrected chi connectivity index (χ4v) is 7.45. The number of aliphatic hydroxyl groups excluding tert-OH is 2. The van der Waals surface area contributed by atoms with Crippen molar-refractivity contribution in [3.63, 3.8) is 0 Å². The number of hydrogen-bond donors (Lipinski definition) is 5. The van der Waals surface area contributed by atoms with Crippen LogP contribution in [-0.2, 0) is 53.9 Å². The predicted molar refractivity (Wildman–Crippen MR) is 110 cm³/mol. The summed E-state index contributed by atoms with van der Waals surface area (Å²) in [5.74, 6) is 0.0754. The molecule has 2 aliphatic heterocycles. The van der Waals surface area contributed by atoms with Crippen LogP contribution in [0.1, 0.15) is 6.23 Å². The van der Waals surface area contributed by atoms with E-state index < -0.39 is 54.6 Å². The highest BCUT2D eigenvalue weighted by Crippen LogP contribution is 2.76. The summed E-state index contributed by atoms with van der Waals surface area (Å²) in [6.45, 7) is -0.775. The molecular formula is C10H14N5O14P3S2. The Bertz CT molecular complexity index is 1190. The summed E-state index contributed by atoms with van der Waals surface area (Å²) < 4.78 is 73.8. The molecule has 19 nitrogen and oxygen atoms in total. The number of fused-ring (bicyclic) bond motifs is 1. The fourth-order valence-electron chi connectivity index (χ4n) is 2.80. The highest BCUT2D eigenvalue weighted by molar-refractivity contribution is 7.86. The zero-order valence-electron chi connectivity index (χ0n) is 16.1. The van der Waals surface area contributed by atoms with Gasteiger partial charge in [0, 0.05) is 0 Å². The Labute approximate surface area is 199 Å². The third-order valence-electron chi connectivity index (χ3n) is 4.24. The molecule has 2 fully saturated rings. The number of hydrogen-bond acceptors (Lipinski definition) is 20. The number of imidazole rings is 1. The third-order valence-corrected chi connectivity index (χ3v) is 9.99. The van der Waals surface area contributed by atoms with Crippen LogP contribution in [-0.4, -0.2) is 54.7 Å². The number of ether oxygens (including phenoxy) is 1. The minimum absolute atomic E-state index is 0.0754. The lowest BCUT2D eigenvalue weighted by molar-refractivity contribution is -0.437. The Balaban J connectivity index is 1.45. The van der Waals surface area contributed by atoms with Gasteiger partial charge < -0.3 is 20.7 Å². The molecule has 4 heterocycles. The zero-order valence-corrected chi connectivity index (χ0v) is 20.5. The number of phosphoric acid groups is 3. The third kappa shape index (κ3) is 5.21. The summed E-state index contributed by atoms with van der Waals surface area (Å²) in [6, 6.07) is 0. The van der Waals surface area contributed by atoms with Gasteiger partial charge in [0.25, 0.3) is 0 Å². The van der Waals surface area contributed by atoms with Crippen molar-refractivity contribution >= 4 is 66.3 Å². The highest BCUT2D eigenvalue weighted by Gasteiger charge is 2.54. The maximum absolute atomic E-state index is 12.6. The first-order valence-corrected chi connectivity index (χ1v) is 13.7. The maximum Gasteiger partial charge on any atom is 0.522 e. The molecule has 0 bridgehead atoms. The summed E-state index contributed by atoms with van der Waals surface area (Å²) >= 11 is 6.37. The Morgan fingerprint density at radius 3 is 2.56 bits per heavy atom. The molecule has 34 heavy (non-hydrogen) atoms. The SMILES string of the molecule is Nc1ncnc2c1ncn2[C@@H]1O[C@H](COP2(=O)OOOP(=O)(OP(=O)(OS)OS)O2)[C@@H](O)[C@H]1O. The summed E-state index contributed by atoms with van der Waals surface area (Å²) in [7, 11) is -14.7. The van der Waals surface area contributed by atoms with E-state index in [0.717, 1.165) is 6.33 Å². The van der Waals surface area contributed by atoms with Crippen molar-refractivity contribution in [2.45, 2.75) is 24.5 Å². The molecule has 2 saturated heterocycles. The van der Waals surface area contributed by atoms with Crippen molar-refractivity contribution in [2.24, 2.45) is 0 Å². The number of aliphatic hydroxyl groups is 2. The summed E-state index contributed by atoms with van der Waals surface area (Å²) in [4.78, 5) is 11.8. The highest BCUT2D eigenvalue weighted by atomic mass is 32.1. The van der Waals surface area contributed by atoms with Gasteiger partial charge in [-0.25, -0.2) is 36.6 Å². The van der Waals surface area contributed by atoms with Gasteiger partial charge in [-0.1, -0.05) is 9.35 Å². The van der Waals surface area contributed by atoms with Gasteiger partial charge in [0.1, 0.15) is 30.2 Å². The molecule has 0 aliphatic carbocycles. The van der Waals surface area contributed by atoms with Crippen molar-refractivity contribution < 1.29 is 64.1 Å². The van der Waals surface area contributed by atoms with Crippen LogP contribution in [0.4, 0.5) is 5.82 Å². The van der Waals surface area contributed by atoms with Crippen LogP contribution >= 0.6 is 49.3 Å². The fraction of sp³-hybridized carbons (Fsp3) is 0.500. The number of nitrogens with zero attached hydrogens (tertiary/aromatic N) is 4. The first-order chi connectivity index (χ1) is 16.0. The van der Waals surface area contributed by atoms with Gasteiger partial charge in [0.05, 0.1) is 12.9 Å². The smallest absolute Gasteiger partial charge is 0.387 e. The second kappa shape index (κ2) is 9.98. The van der Waals surface area contributed by atoms with Gasteiger partial charge in [-0.3, -0.25) is 9.09 Å². The molecule has 2 aromatic rings. The van der Waals surface area contributed by atoms with Crippen LogP contribution < -0.4 is 5.73 Å². The molecule has 4 rings (SSSR count). The van der Waals surface area contributed by atoms with E-state index in [1.54, 1.807) is 0 Å². The molecule has 0 spiro atoms. The molecule has 6 atom stereocenters. The number of aromatic nitrogens is 4. The second-order valence-electron chi connectivity index (χ2n) is 6.31. The Morgan fingerprint density at radius 2 is 1.85 bits per heavy atom. The van der Waals surface area contributed by atoms with E-state index in [0.29, 0.717) is 0 Å². The van der Waals surface area contributed by atoms with E-state index in [2.05, 4.69) is 71.7 Å². The number of nitrogen functional groups attached to an aromatic ring is 1. The summed E-state index contributed by atoms with van der Waals surface area (Å²) in [5.41, 5.74) is 6.15. The van der Waals surface area contributed by atoms with Gasteiger partial charge in [-0.15, -0.1) is 0 Å². The number of thiol groups is 2. The van der Waals surface area contributed by atoms with E-state index in [1.807, 2.05) is 0 Å². The van der Waals surface area contributed by atoms with Crippen LogP contribution in [0.5, 0.6) is 0 Å². The van der Waals surface area contributed by atoms with Crippen LogP contribution in [0.2, 0.25) is 0 Å². The Morgan fingerprint density at radius 1 is 1.15 bits per heavy atom. The largest absolute Gasteiger partial charge is 0.522 e. The molecule has 4 N–H and O–H groups in total. The molecule has 0 aromatic carbocycles. The second-order valence-corrected chi connectivity index (χ2v) is 12.2. The van der Waals surface area contributed by atoms with E-state index in [-0.39, 0.29) is 17.0 Å². The van der Waals surface area contributed by atoms with E-state index in [9.17, 15) is 23.9 Å². The van der Waals surface area contributed by atoms with Crippen LogP contribution in [0.15, 0.2) is 12.7 Å². The lowest BCUT2D eigenvalue weighted by Crippen LogP contribution is -2.33. The molecule has 0 radical (unpaired) electrons. The van der Waals surface area contributed by atoms with Crippen LogP contribution in [0.25, 0.3) is 11.2 Å². The van der Waals surface area contributed by atoms with Crippen molar-refractivity contribution in [1.29, 1.82) is 0 Å². The van der Waals surface area contributed by atoms with Crippen LogP contribution in [0, 0.1) is 0 Å². The molecule has 0 amide bonds. The van der Waals surface area contributed by atoms with Crippen molar-refractivity contribution in [2.75, 3.05) is 12.3 Å². The Kier molecular flexibility index (Phi) is 7.74. The van der Waals surface area contributed by atoms with E-state index >= 15 is 0 Å². The molecule has 2 unspecified atom stereocenters. The minimum Gasteiger partial charge on any atom is -0.387 e. The lowest BCUT2D eigenvalue weighted by atomic mass is 10.1. The maximum atomic E-state index is 12.6. The number of nitrogens with two attached hydrogens (primary N) is 1. The first-order valence-electron chi connectivity index (χ1n) is 8.55. The van der Waals surface area contributed by atoms with Crippen molar-refractivity contribution in [1.82, 2.24) is 19.5 Å². The predicted octanol–water partition coefficient (Wildman–Crippen LogP) is 1.02. The summed E-state index contributed by atoms with van der Waals surface area (Å²) in [5, 5.41) is 24.7. The molecule has 2 aromatic heterocycles. The van der Waals surface area contributed by atoms with E-state index in [1.165, 1.54) is 10.9 Å². The van der Waals surface area contributed by atoms with Gasteiger partial charge in [0.2, 0.25) is 0 Å². The monoisotopic (exact) mass is 585 g/mol. The average Bonchev–Trinajstić information content (AvgIpc) is 3.34. The zero-order chi connectivity index (χ0) is 24.7. The topological polar surface area (TPSA) is 244 Å². The Hall–Kier alpha value is -0.700. The van der Waals surface area contributed by atoms with Crippen LogP contribution in [0.3, 0.4) is 0 Å². The molecular weight excluding hydrogens is 571 g/mol. The molecule has 2 aliphatic rings. The van der Waals surface area contributed by atoms with Gasteiger partial charge in [0.15, 0.2) is 17.7 Å². The standard InChI is InChI=1S/C10H14N5O14P3S2/c11-8-5-9(13-2-12-8)15(3-14-5)10-7(17)6(16)4(22-10)1-21-30(18)24-23-25-31(19,26-30)27-32(20,28-33)29-34/h2-4,6-7,10,16-17,33-34H,1H2,(H2,11,12,13)/t4-,6-,7-,10-,30?,31?/m1/s1. The van der Waals surface area contributed by atoms with Gasteiger partial charge in [-0.05, 0) is 30.9 Å². The number of rotatable bonds is 8. The molecule has 190 valence electrons. The van der Waals surface area contributed by atoms with Gasteiger partial charge >= 0.3 is 23.5 Å². The van der Waals surface area contributed by atoms with Crippen molar-refractivity contribution in [3.8, 4) is 0 Å². The lowest BCUT2D eigenvalue weighted by Gasteiger charge is -2.26. The van der Waals surface area contributed by atoms with E-state index in [4.69, 9.17) is 15.0 Å². The average molecular weight is 585 g/mol. The van der Waals surface area contributed by atoms with Gasteiger partial charge in [-0.2, -0.15) is 8.62 Å². The minimum atomic E-state index is -5.10. The number of anilines is 1. The normalized spacial score (nSPS) is 34.6. The molecule has 0 saturated carbocycles. The molecule has 24 heteroatoms. The van der Waals surface area contributed by atoms with Crippen molar-refractivity contribution in [3.05, 3.63) is 12.7 Å². The first kappa shape index (κ1) is 26.4. The summed E-state index contributed by atoms with van der Waals surface area (Å²) in [6.07, 6.45) is -3.28. The quantitative estimate of drug-likeness (QED) is 0.126.